The van der Waals surface area contributed by atoms with Crippen molar-refractivity contribution < 1.29 is 14.3 Å². The van der Waals surface area contributed by atoms with Crippen LogP contribution >= 0.6 is 0 Å². The van der Waals surface area contributed by atoms with E-state index >= 15 is 0 Å². The van der Waals surface area contributed by atoms with E-state index in [0.29, 0.717) is 12.2 Å². The van der Waals surface area contributed by atoms with Gasteiger partial charge in [-0.1, -0.05) is 12.1 Å². The van der Waals surface area contributed by atoms with Crippen molar-refractivity contribution in [1.29, 1.82) is 0 Å². The number of carbonyl (C=O) groups is 2. The summed E-state index contributed by atoms with van der Waals surface area (Å²) in [5, 5.41) is 2.57. The minimum atomic E-state index is -0.235. The molecular weight excluding hydrogens is 244 g/mol. The average Bonchev–Trinajstić information content (AvgIpc) is 2.58. The Balaban J connectivity index is 2.16. The number of hydrogen-bond acceptors (Lipinski definition) is 3. The van der Waals surface area contributed by atoms with Gasteiger partial charge in [0, 0.05) is 23.7 Å². The fraction of sp³-hybridized carbons (Fsp3) is 0.286. The first-order valence-corrected chi connectivity index (χ1v) is 6.17. The van der Waals surface area contributed by atoms with Crippen molar-refractivity contribution in [2.75, 3.05) is 20.2 Å². The highest BCUT2D eigenvalue weighted by Gasteiger charge is 2.30. The molecule has 0 atom stereocenters. The summed E-state index contributed by atoms with van der Waals surface area (Å²) < 4.78 is 5.35. The monoisotopic (exact) mass is 258 g/mol. The molecule has 19 heavy (non-hydrogen) atoms. The molecule has 2 amide bonds. The molecule has 0 unspecified atom stereocenters. The summed E-state index contributed by atoms with van der Waals surface area (Å²) in [7, 11) is 1.63. The summed E-state index contributed by atoms with van der Waals surface area (Å²) in [5.41, 5.74) is 2.62. The van der Waals surface area contributed by atoms with Gasteiger partial charge in [-0.15, -0.1) is 0 Å². The largest absolute Gasteiger partial charge is 0.496 e. The van der Waals surface area contributed by atoms with Crippen molar-refractivity contribution in [3.63, 3.8) is 0 Å². The number of methoxy groups -OCH3 is 1. The van der Waals surface area contributed by atoms with E-state index in [1.54, 1.807) is 12.0 Å². The molecule has 1 N–H and O–H groups in total. The summed E-state index contributed by atoms with van der Waals surface area (Å²) in [6.07, 6.45) is 2.22. The van der Waals surface area contributed by atoms with Gasteiger partial charge in [0.15, 0.2) is 0 Å². The predicted molar refractivity (Wildman–Crippen MR) is 69.4 cm³/mol. The van der Waals surface area contributed by atoms with Crippen LogP contribution in [0.2, 0.25) is 0 Å². The second kappa shape index (κ2) is 4.42. The molecule has 2 aliphatic heterocycles. The highest BCUT2D eigenvalue weighted by Crippen LogP contribution is 2.34. The van der Waals surface area contributed by atoms with E-state index in [4.69, 9.17) is 4.74 Å². The Morgan fingerprint density at radius 1 is 1.32 bits per heavy atom. The molecule has 5 nitrogen and oxygen atoms in total. The van der Waals surface area contributed by atoms with Crippen LogP contribution in [0, 0.1) is 0 Å². The number of benzene rings is 1. The number of ether oxygens (including phenoxy) is 1. The molecule has 0 aliphatic carbocycles. The van der Waals surface area contributed by atoms with Gasteiger partial charge >= 0.3 is 0 Å². The number of amides is 2. The van der Waals surface area contributed by atoms with E-state index in [1.807, 2.05) is 18.2 Å². The fourth-order valence-corrected chi connectivity index (χ4v) is 2.59. The average molecular weight is 258 g/mol. The Hall–Kier alpha value is -2.30. The van der Waals surface area contributed by atoms with Crippen LogP contribution in [0.3, 0.4) is 0 Å². The third-order valence-electron chi connectivity index (χ3n) is 3.49. The lowest BCUT2D eigenvalue weighted by molar-refractivity contribution is -0.128. The van der Waals surface area contributed by atoms with Gasteiger partial charge in [0.25, 0.3) is 0 Å². The van der Waals surface area contributed by atoms with Gasteiger partial charge in [0.2, 0.25) is 11.8 Å². The number of nitrogens with one attached hydrogen (secondary N) is 1. The molecule has 1 aromatic carbocycles. The van der Waals surface area contributed by atoms with Crippen LogP contribution in [-0.2, 0) is 16.0 Å². The van der Waals surface area contributed by atoms with Gasteiger partial charge in [-0.25, -0.2) is 0 Å². The van der Waals surface area contributed by atoms with Crippen LogP contribution in [0.1, 0.15) is 11.1 Å². The Kier molecular flexibility index (Phi) is 2.74. The van der Waals surface area contributed by atoms with Crippen LogP contribution in [0.5, 0.6) is 5.75 Å². The second-order valence-electron chi connectivity index (χ2n) is 4.53. The van der Waals surface area contributed by atoms with Crippen LogP contribution in [-0.4, -0.2) is 36.9 Å². The van der Waals surface area contributed by atoms with Crippen molar-refractivity contribution in [1.82, 2.24) is 10.2 Å². The maximum absolute atomic E-state index is 12.0. The Bertz CT molecular complexity index is 592. The zero-order valence-electron chi connectivity index (χ0n) is 10.6. The van der Waals surface area contributed by atoms with Crippen LogP contribution in [0.15, 0.2) is 24.3 Å². The first-order valence-electron chi connectivity index (χ1n) is 6.17. The lowest BCUT2D eigenvalue weighted by Crippen LogP contribution is -2.38. The van der Waals surface area contributed by atoms with Gasteiger partial charge in [-0.05, 0) is 12.5 Å². The van der Waals surface area contributed by atoms with Crippen LogP contribution in [0.25, 0.3) is 5.70 Å². The summed E-state index contributed by atoms with van der Waals surface area (Å²) in [4.78, 5) is 25.3. The Morgan fingerprint density at radius 2 is 2.16 bits per heavy atom. The quantitative estimate of drug-likeness (QED) is 0.800. The SMILES string of the molecule is COc1cccc2c1CCN1C(=O)CNC(=O)C=C21. The summed E-state index contributed by atoms with van der Waals surface area (Å²) in [6.45, 7) is 0.630. The first kappa shape index (κ1) is 11.8. The van der Waals surface area contributed by atoms with E-state index < -0.39 is 0 Å². The van der Waals surface area contributed by atoms with Crippen molar-refractivity contribution >= 4 is 17.5 Å². The third kappa shape index (κ3) is 1.87. The van der Waals surface area contributed by atoms with E-state index in [0.717, 1.165) is 23.3 Å². The van der Waals surface area contributed by atoms with Gasteiger partial charge < -0.3 is 15.0 Å². The third-order valence-corrected chi connectivity index (χ3v) is 3.49. The van der Waals surface area contributed by atoms with Crippen LogP contribution < -0.4 is 10.1 Å². The van der Waals surface area contributed by atoms with Gasteiger partial charge in [-0.3, -0.25) is 9.59 Å². The molecule has 0 saturated heterocycles. The number of hydrogen-bond donors (Lipinski definition) is 1. The second-order valence-corrected chi connectivity index (χ2v) is 4.53. The van der Waals surface area contributed by atoms with Crippen LogP contribution in [0.4, 0.5) is 0 Å². The molecule has 1 aromatic rings. The highest BCUT2D eigenvalue weighted by molar-refractivity contribution is 6.03. The maximum Gasteiger partial charge on any atom is 0.246 e. The molecule has 2 aliphatic rings. The number of nitrogens with zero attached hydrogens (tertiary/aromatic N) is 1. The van der Waals surface area contributed by atoms with E-state index in [-0.39, 0.29) is 18.4 Å². The Labute approximate surface area is 110 Å². The summed E-state index contributed by atoms with van der Waals surface area (Å²) >= 11 is 0. The smallest absolute Gasteiger partial charge is 0.246 e. The molecule has 3 rings (SSSR count). The minimum Gasteiger partial charge on any atom is -0.496 e. The molecule has 0 fully saturated rings. The molecule has 2 heterocycles. The lowest BCUT2D eigenvalue weighted by Gasteiger charge is -2.31. The molecule has 0 saturated carbocycles. The molecule has 0 spiro atoms. The van der Waals surface area contributed by atoms with Crippen molar-refractivity contribution in [3.05, 3.63) is 35.4 Å². The standard InChI is InChI=1S/C14H14N2O3/c1-19-12-4-2-3-9-10(12)5-6-16-11(9)7-13(17)15-8-14(16)18/h2-4,7H,5-6,8H2,1H3,(H,15,17). The highest BCUT2D eigenvalue weighted by atomic mass is 16.5. The first-order chi connectivity index (χ1) is 9.20. The van der Waals surface area contributed by atoms with E-state index in [2.05, 4.69) is 5.32 Å². The molecule has 98 valence electrons. The zero-order valence-corrected chi connectivity index (χ0v) is 10.6. The molecule has 5 heteroatoms. The summed E-state index contributed by atoms with van der Waals surface area (Å²) in [5.74, 6) is 0.488. The fourth-order valence-electron chi connectivity index (χ4n) is 2.59. The summed E-state index contributed by atoms with van der Waals surface area (Å²) in [6, 6.07) is 5.69. The predicted octanol–water partition coefficient (Wildman–Crippen LogP) is 0.551. The van der Waals surface area contributed by atoms with Gasteiger partial charge in [0.05, 0.1) is 19.4 Å². The van der Waals surface area contributed by atoms with Crippen molar-refractivity contribution in [2.45, 2.75) is 6.42 Å². The minimum absolute atomic E-state index is 0.0537. The van der Waals surface area contributed by atoms with E-state index in [9.17, 15) is 9.59 Å². The maximum atomic E-state index is 12.0. The molecule has 0 aromatic heterocycles. The molecule has 0 radical (unpaired) electrons. The molecule has 0 bridgehead atoms. The zero-order chi connectivity index (χ0) is 13.4. The Morgan fingerprint density at radius 3 is 2.95 bits per heavy atom. The van der Waals surface area contributed by atoms with Crippen molar-refractivity contribution in [3.8, 4) is 5.75 Å². The van der Waals surface area contributed by atoms with Gasteiger partial charge in [-0.2, -0.15) is 0 Å². The van der Waals surface area contributed by atoms with Gasteiger partial charge in [0.1, 0.15) is 5.75 Å². The number of rotatable bonds is 1. The lowest BCUT2D eigenvalue weighted by atomic mass is 9.95. The normalized spacial score (nSPS) is 17.9. The molecular formula is C14H14N2O3. The topological polar surface area (TPSA) is 58.6 Å². The number of fused-ring (bicyclic) bond motifs is 3. The van der Waals surface area contributed by atoms with E-state index in [1.165, 1.54) is 6.08 Å². The van der Waals surface area contributed by atoms with Crippen molar-refractivity contribution in [2.24, 2.45) is 0 Å². The number of carbonyl (C=O) groups excluding carboxylic acids is 2.